The molecule has 0 unspecified atom stereocenters. The van der Waals surface area contributed by atoms with E-state index in [2.05, 4.69) is 15.2 Å². The Kier molecular flexibility index (Phi) is 5.92. The fourth-order valence-corrected chi connectivity index (χ4v) is 2.45. The summed E-state index contributed by atoms with van der Waals surface area (Å²) in [6, 6.07) is 8.79. The van der Waals surface area contributed by atoms with Crippen molar-refractivity contribution < 1.29 is 18.7 Å². The number of amides is 1. The lowest BCUT2D eigenvalue weighted by Gasteiger charge is -2.26. The number of hydrogen-bond acceptors (Lipinski definition) is 5. The van der Waals surface area contributed by atoms with Gasteiger partial charge in [0.1, 0.15) is 12.4 Å². The van der Waals surface area contributed by atoms with Gasteiger partial charge in [-0.05, 0) is 30.3 Å². The molecule has 1 amide bonds. The molecule has 2 heterocycles. The second-order valence-corrected chi connectivity index (χ2v) is 5.65. The molecule has 6 nitrogen and oxygen atoms in total. The third-order valence-corrected chi connectivity index (χ3v) is 3.86. The highest BCUT2D eigenvalue weighted by atomic mass is 19.1. The number of pyridine rings is 1. The van der Waals surface area contributed by atoms with Crippen molar-refractivity contribution in [3.05, 3.63) is 54.0 Å². The number of nitrogens with zero attached hydrogens (tertiary/aromatic N) is 2. The van der Waals surface area contributed by atoms with Crippen molar-refractivity contribution in [1.29, 1.82) is 0 Å². The van der Waals surface area contributed by atoms with Crippen LogP contribution in [0.2, 0.25) is 0 Å². The fraction of sp³-hybridized carbons (Fsp3) is 0.333. The van der Waals surface area contributed by atoms with Gasteiger partial charge in [-0.15, -0.1) is 0 Å². The maximum absolute atomic E-state index is 12.9. The Labute approximate surface area is 145 Å². The Morgan fingerprint density at radius 2 is 1.96 bits per heavy atom. The minimum atomic E-state index is -0.378. The van der Waals surface area contributed by atoms with Crippen LogP contribution < -0.4 is 10.1 Å². The molecule has 25 heavy (non-hydrogen) atoms. The molecule has 1 aliphatic rings. The van der Waals surface area contributed by atoms with E-state index in [4.69, 9.17) is 9.47 Å². The van der Waals surface area contributed by atoms with E-state index in [9.17, 15) is 9.18 Å². The molecule has 132 valence electrons. The van der Waals surface area contributed by atoms with Crippen LogP contribution in [0, 0.1) is 5.82 Å². The van der Waals surface area contributed by atoms with Crippen LogP contribution in [0.3, 0.4) is 0 Å². The summed E-state index contributed by atoms with van der Waals surface area (Å²) < 4.78 is 23.8. The first kappa shape index (κ1) is 17.3. The summed E-state index contributed by atoms with van der Waals surface area (Å²) in [4.78, 5) is 18.5. The summed E-state index contributed by atoms with van der Waals surface area (Å²) in [6.45, 7) is 4.75. The van der Waals surface area contributed by atoms with E-state index in [1.807, 2.05) is 0 Å². The monoisotopic (exact) mass is 345 g/mol. The molecule has 0 atom stereocenters. The van der Waals surface area contributed by atoms with Gasteiger partial charge in [0.25, 0.3) is 5.91 Å². The summed E-state index contributed by atoms with van der Waals surface area (Å²) >= 11 is 0. The highest BCUT2D eigenvalue weighted by Crippen LogP contribution is 2.13. The van der Waals surface area contributed by atoms with Crippen molar-refractivity contribution in [2.24, 2.45) is 0 Å². The van der Waals surface area contributed by atoms with E-state index in [-0.39, 0.29) is 11.7 Å². The minimum Gasteiger partial charge on any atom is -0.476 e. The van der Waals surface area contributed by atoms with E-state index in [0.717, 1.165) is 32.8 Å². The summed E-state index contributed by atoms with van der Waals surface area (Å²) in [5, 5.41) is 2.71. The molecule has 1 aromatic heterocycles. The lowest BCUT2D eigenvalue weighted by atomic mass is 10.2. The highest BCUT2D eigenvalue weighted by molar-refractivity contribution is 6.04. The van der Waals surface area contributed by atoms with Crippen molar-refractivity contribution in [2.45, 2.75) is 0 Å². The van der Waals surface area contributed by atoms with Crippen molar-refractivity contribution >= 4 is 11.6 Å². The molecule has 1 fully saturated rings. The van der Waals surface area contributed by atoms with Gasteiger partial charge in [0.2, 0.25) is 5.88 Å². The first-order valence-electron chi connectivity index (χ1n) is 8.16. The maximum atomic E-state index is 12.9. The average molecular weight is 345 g/mol. The number of hydrogen-bond donors (Lipinski definition) is 1. The van der Waals surface area contributed by atoms with Crippen LogP contribution in [-0.4, -0.2) is 55.2 Å². The van der Waals surface area contributed by atoms with Gasteiger partial charge < -0.3 is 14.8 Å². The predicted octanol–water partition coefficient (Wildman–Crippen LogP) is 2.18. The van der Waals surface area contributed by atoms with Gasteiger partial charge in [-0.2, -0.15) is 0 Å². The predicted molar refractivity (Wildman–Crippen MR) is 91.3 cm³/mol. The molecule has 1 aliphatic heterocycles. The zero-order chi connectivity index (χ0) is 17.5. The highest BCUT2D eigenvalue weighted by Gasteiger charge is 2.10. The number of nitrogens with one attached hydrogen (secondary N) is 1. The Hall–Kier alpha value is -2.51. The number of anilines is 1. The van der Waals surface area contributed by atoms with Crippen LogP contribution in [0.15, 0.2) is 42.6 Å². The molecule has 7 heteroatoms. The zero-order valence-electron chi connectivity index (χ0n) is 13.8. The van der Waals surface area contributed by atoms with Gasteiger partial charge in [-0.25, -0.2) is 9.37 Å². The van der Waals surface area contributed by atoms with Crippen molar-refractivity contribution in [1.82, 2.24) is 9.88 Å². The molecule has 0 spiro atoms. The van der Waals surface area contributed by atoms with Gasteiger partial charge in [0.15, 0.2) is 0 Å². The molecule has 0 saturated carbocycles. The molecule has 0 aliphatic carbocycles. The van der Waals surface area contributed by atoms with Crippen LogP contribution in [0.25, 0.3) is 0 Å². The lowest BCUT2D eigenvalue weighted by Crippen LogP contribution is -2.38. The van der Waals surface area contributed by atoms with Crippen LogP contribution in [0.1, 0.15) is 10.4 Å². The minimum absolute atomic E-state index is 0.317. The zero-order valence-corrected chi connectivity index (χ0v) is 13.8. The van der Waals surface area contributed by atoms with E-state index in [1.165, 1.54) is 30.5 Å². The van der Waals surface area contributed by atoms with Gasteiger partial charge in [0.05, 0.1) is 25.1 Å². The molecule has 1 aromatic carbocycles. The smallest absolute Gasteiger partial charge is 0.255 e. The molecule has 2 aromatic rings. The van der Waals surface area contributed by atoms with Gasteiger partial charge >= 0.3 is 0 Å². The molecular weight excluding hydrogens is 325 g/mol. The van der Waals surface area contributed by atoms with E-state index in [0.29, 0.717) is 23.7 Å². The number of halogens is 1. The molecule has 3 rings (SSSR count). The maximum Gasteiger partial charge on any atom is 0.255 e. The van der Waals surface area contributed by atoms with E-state index >= 15 is 0 Å². The molecule has 0 bridgehead atoms. The van der Waals surface area contributed by atoms with Crippen LogP contribution in [-0.2, 0) is 4.74 Å². The molecule has 0 radical (unpaired) electrons. The first-order chi connectivity index (χ1) is 12.2. The van der Waals surface area contributed by atoms with Crippen LogP contribution in [0.5, 0.6) is 5.88 Å². The summed E-state index contributed by atoms with van der Waals surface area (Å²) in [5.41, 5.74) is 0.932. The molecule has 1 N–H and O–H groups in total. The van der Waals surface area contributed by atoms with E-state index in [1.54, 1.807) is 12.1 Å². The third-order valence-electron chi connectivity index (χ3n) is 3.86. The standard InChI is InChI=1S/C18H20FN3O3/c19-15-3-1-14(2-4-15)18(23)21-16-5-6-17(20-13-16)25-12-9-22-7-10-24-11-8-22/h1-6,13H,7-12H2,(H,21,23). The summed E-state index contributed by atoms with van der Waals surface area (Å²) in [5.74, 6) is -0.187. The summed E-state index contributed by atoms with van der Waals surface area (Å²) in [6.07, 6.45) is 1.53. The topological polar surface area (TPSA) is 63.7 Å². The first-order valence-corrected chi connectivity index (χ1v) is 8.16. The van der Waals surface area contributed by atoms with Crippen LogP contribution >= 0.6 is 0 Å². The average Bonchev–Trinajstić information content (AvgIpc) is 2.64. The SMILES string of the molecule is O=C(Nc1ccc(OCCN2CCOCC2)nc1)c1ccc(F)cc1. The Balaban J connectivity index is 1.46. The Bertz CT molecular complexity index is 686. The number of benzene rings is 1. The normalized spacial score (nSPS) is 14.9. The van der Waals surface area contributed by atoms with Crippen molar-refractivity contribution in [3.8, 4) is 5.88 Å². The van der Waals surface area contributed by atoms with Gasteiger partial charge in [-0.3, -0.25) is 9.69 Å². The second-order valence-electron chi connectivity index (χ2n) is 5.65. The van der Waals surface area contributed by atoms with E-state index < -0.39 is 0 Å². The van der Waals surface area contributed by atoms with Crippen LogP contribution in [0.4, 0.5) is 10.1 Å². The lowest BCUT2D eigenvalue weighted by molar-refractivity contribution is 0.0320. The van der Waals surface area contributed by atoms with Crippen molar-refractivity contribution in [3.63, 3.8) is 0 Å². The molecular formula is C18H20FN3O3. The Morgan fingerprint density at radius 1 is 1.20 bits per heavy atom. The third kappa shape index (κ3) is 5.23. The van der Waals surface area contributed by atoms with Gasteiger partial charge in [-0.1, -0.05) is 0 Å². The molecule has 1 saturated heterocycles. The number of aromatic nitrogens is 1. The number of morpholine rings is 1. The second kappa shape index (κ2) is 8.55. The largest absolute Gasteiger partial charge is 0.476 e. The number of carbonyl (C=O) groups excluding carboxylic acids is 1. The number of rotatable bonds is 6. The summed E-state index contributed by atoms with van der Waals surface area (Å²) in [7, 11) is 0. The van der Waals surface area contributed by atoms with Gasteiger partial charge in [0, 0.05) is 31.3 Å². The fourth-order valence-electron chi connectivity index (χ4n) is 2.45. The number of ether oxygens (including phenoxy) is 2. The van der Waals surface area contributed by atoms with Crippen molar-refractivity contribution in [2.75, 3.05) is 44.8 Å². The Morgan fingerprint density at radius 3 is 2.64 bits per heavy atom. The number of carbonyl (C=O) groups is 1. The quantitative estimate of drug-likeness (QED) is 0.869.